The zero-order chi connectivity index (χ0) is 16.9. The summed E-state index contributed by atoms with van der Waals surface area (Å²) in [5, 5.41) is 6.54. The van der Waals surface area contributed by atoms with Gasteiger partial charge < -0.3 is 10.2 Å². The van der Waals surface area contributed by atoms with Crippen LogP contribution in [0, 0.1) is 5.82 Å². The van der Waals surface area contributed by atoms with Crippen molar-refractivity contribution in [3.05, 3.63) is 58.0 Å². The predicted octanol–water partition coefficient (Wildman–Crippen LogP) is 2.85. The Bertz CT molecular complexity index is 718. The third-order valence-electron chi connectivity index (χ3n) is 4.19. The normalized spacial score (nSPS) is 15.5. The summed E-state index contributed by atoms with van der Waals surface area (Å²) in [6.07, 6.45) is 1.89. The molecular weight excluding hydrogens is 327 g/mol. The molecule has 0 saturated carbocycles. The van der Waals surface area contributed by atoms with Crippen LogP contribution in [0.5, 0.6) is 0 Å². The van der Waals surface area contributed by atoms with Crippen LogP contribution in [-0.2, 0) is 11.2 Å². The number of likely N-dealkylation sites (tertiary alicyclic amines) is 1. The molecule has 3 rings (SSSR count). The molecule has 1 aromatic carbocycles. The second-order valence-corrected chi connectivity index (χ2v) is 6.68. The molecule has 1 atom stereocenters. The number of nitrogens with one attached hydrogen (secondary N) is 1. The molecule has 0 aliphatic carbocycles. The molecule has 2 amide bonds. The second-order valence-electron chi connectivity index (χ2n) is 5.90. The molecule has 0 radical (unpaired) electrons. The zero-order valence-electron chi connectivity index (χ0n) is 13.2. The summed E-state index contributed by atoms with van der Waals surface area (Å²) in [5.41, 5.74) is 1.45. The van der Waals surface area contributed by atoms with Crippen LogP contribution in [0.1, 0.15) is 28.8 Å². The third kappa shape index (κ3) is 4.00. The van der Waals surface area contributed by atoms with E-state index in [2.05, 4.69) is 5.32 Å². The van der Waals surface area contributed by atoms with Gasteiger partial charge in [-0.3, -0.25) is 9.59 Å². The Balaban J connectivity index is 1.70. The van der Waals surface area contributed by atoms with Gasteiger partial charge >= 0.3 is 0 Å². The highest BCUT2D eigenvalue weighted by Crippen LogP contribution is 2.18. The number of thiophene rings is 1. The van der Waals surface area contributed by atoms with Crippen molar-refractivity contribution >= 4 is 23.2 Å². The number of nitrogens with zero attached hydrogens (tertiary/aromatic N) is 1. The van der Waals surface area contributed by atoms with Gasteiger partial charge in [0.2, 0.25) is 5.91 Å². The average molecular weight is 346 g/mol. The summed E-state index contributed by atoms with van der Waals surface area (Å²) in [6.45, 7) is 1.05. The molecular formula is C18H19FN2O2S. The lowest BCUT2D eigenvalue weighted by molar-refractivity contribution is -0.129. The van der Waals surface area contributed by atoms with E-state index in [1.54, 1.807) is 22.4 Å². The summed E-state index contributed by atoms with van der Waals surface area (Å²) < 4.78 is 13.4. The van der Waals surface area contributed by atoms with E-state index in [-0.39, 0.29) is 23.7 Å². The molecule has 0 spiro atoms. The van der Waals surface area contributed by atoms with E-state index >= 15 is 0 Å². The van der Waals surface area contributed by atoms with Crippen molar-refractivity contribution in [2.75, 3.05) is 13.1 Å². The molecule has 126 valence electrons. The van der Waals surface area contributed by atoms with Crippen LogP contribution in [0.3, 0.4) is 0 Å². The van der Waals surface area contributed by atoms with Crippen LogP contribution in [-0.4, -0.2) is 35.8 Å². The van der Waals surface area contributed by atoms with Crippen molar-refractivity contribution in [2.45, 2.75) is 25.3 Å². The minimum atomic E-state index is -0.290. The minimum Gasteiger partial charge on any atom is -0.350 e. The molecule has 4 nitrogen and oxygen atoms in total. The quantitative estimate of drug-likeness (QED) is 0.874. The van der Waals surface area contributed by atoms with Crippen molar-refractivity contribution in [1.29, 1.82) is 0 Å². The summed E-state index contributed by atoms with van der Waals surface area (Å²) in [4.78, 5) is 26.0. The van der Waals surface area contributed by atoms with E-state index in [0.717, 1.165) is 12.0 Å². The number of hydrogen-bond acceptors (Lipinski definition) is 3. The summed E-state index contributed by atoms with van der Waals surface area (Å²) >= 11 is 1.47. The molecule has 2 heterocycles. The van der Waals surface area contributed by atoms with Crippen LogP contribution in [0.15, 0.2) is 41.1 Å². The van der Waals surface area contributed by atoms with Gasteiger partial charge in [0.15, 0.2) is 0 Å². The van der Waals surface area contributed by atoms with E-state index in [1.165, 1.54) is 23.5 Å². The van der Waals surface area contributed by atoms with E-state index in [1.807, 2.05) is 11.4 Å². The zero-order valence-corrected chi connectivity index (χ0v) is 14.0. The molecule has 1 N–H and O–H groups in total. The first-order valence-electron chi connectivity index (χ1n) is 7.98. The lowest BCUT2D eigenvalue weighted by Gasteiger charge is -2.28. The molecule has 1 saturated heterocycles. The molecule has 1 aromatic heterocycles. The number of amides is 2. The SMILES string of the molecule is O=C(NCC(Cc1cccc(F)c1)N1CCCC1=O)c1ccsc1. The number of hydrogen-bond donors (Lipinski definition) is 1. The highest BCUT2D eigenvalue weighted by Gasteiger charge is 2.28. The monoisotopic (exact) mass is 346 g/mol. The Morgan fingerprint density at radius 3 is 2.92 bits per heavy atom. The summed E-state index contributed by atoms with van der Waals surface area (Å²) in [7, 11) is 0. The first kappa shape index (κ1) is 16.6. The van der Waals surface area contributed by atoms with E-state index in [9.17, 15) is 14.0 Å². The van der Waals surface area contributed by atoms with E-state index in [0.29, 0.717) is 31.5 Å². The van der Waals surface area contributed by atoms with Crippen LogP contribution < -0.4 is 5.32 Å². The Labute approximate surface area is 144 Å². The first-order valence-corrected chi connectivity index (χ1v) is 8.92. The molecule has 1 fully saturated rings. The molecule has 2 aromatic rings. The third-order valence-corrected chi connectivity index (χ3v) is 4.88. The van der Waals surface area contributed by atoms with Crippen molar-refractivity contribution < 1.29 is 14.0 Å². The molecule has 6 heteroatoms. The fraction of sp³-hybridized carbons (Fsp3) is 0.333. The smallest absolute Gasteiger partial charge is 0.252 e. The van der Waals surface area contributed by atoms with Crippen molar-refractivity contribution in [3.8, 4) is 0 Å². The van der Waals surface area contributed by atoms with E-state index in [4.69, 9.17) is 0 Å². The standard InChI is InChI=1S/C18H19FN2O2S/c19-15-4-1-3-13(9-15)10-16(21-7-2-5-17(21)22)11-20-18(23)14-6-8-24-12-14/h1,3-4,6,8-9,12,16H,2,5,7,10-11H2,(H,20,23). The minimum absolute atomic E-state index is 0.0983. The van der Waals surface area contributed by atoms with Crippen molar-refractivity contribution in [2.24, 2.45) is 0 Å². The Morgan fingerprint density at radius 1 is 1.38 bits per heavy atom. The predicted molar refractivity (Wildman–Crippen MR) is 91.5 cm³/mol. The summed E-state index contributed by atoms with van der Waals surface area (Å²) in [5.74, 6) is -0.338. The van der Waals surface area contributed by atoms with Crippen molar-refractivity contribution in [1.82, 2.24) is 10.2 Å². The van der Waals surface area contributed by atoms with Gasteiger partial charge in [-0.25, -0.2) is 4.39 Å². The molecule has 1 aliphatic rings. The van der Waals surface area contributed by atoms with Gasteiger partial charge in [0, 0.05) is 30.5 Å². The van der Waals surface area contributed by atoms with Gasteiger partial charge in [-0.1, -0.05) is 12.1 Å². The number of halogens is 1. The lowest BCUT2D eigenvalue weighted by atomic mass is 10.0. The highest BCUT2D eigenvalue weighted by molar-refractivity contribution is 7.08. The Kier molecular flexibility index (Phi) is 5.25. The molecule has 1 aliphatic heterocycles. The average Bonchev–Trinajstić information content (AvgIpc) is 3.23. The largest absolute Gasteiger partial charge is 0.350 e. The Morgan fingerprint density at radius 2 is 2.25 bits per heavy atom. The van der Waals surface area contributed by atoms with Crippen molar-refractivity contribution in [3.63, 3.8) is 0 Å². The van der Waals surface area contributed by atoms with Crippen LogP contribution in [0.4, 0.5) is 4.39 Å². The number of carbonyl (C=O) groups is 2. The first-order chi connectivity index (χ1) is 11.6. The van der Waals surface area contributed by atoms with Crippen LogP contribution >= 0.6 is 11.3 Å². The number of rotatable bonds is 6. The fourth-order valence-electron chi connectivity index (χ4n) is 2.99. The number of carbonyl (C=O) groups excluding carboxylic acids is 2. The topological polar surface area (TPSA) is 49.4 Å². The molecule has 0 bridgehead atoms. The summed E-state index contributed by atoms with van der Waals surface area (Å²) in [6, 6.07) is 7.99. The molecule has 1 unspecified atom stereocenters. The maximum Gasteiger partial charge on any atom is 0.252 e. The Hall–Kier alpha value is -2.21. The van der Waals surface area contributed by atoms with Gasteiger partial charge in [0.25, 0.3) is 5.91 Å². The van der Waals surface area contributed by atoms with Gasteiger partial charge in [-0.15, -0.1) is 0 Å². The maximum absolute atomic E-state index is 13.4. The fourth-order valence-corrected chi connectivity index (χ4v) is 3.63. The molecule has 24 heavy (non-hydrogen) atoms. The maximum atomic E-state index is 13.4. The van der Waals surface area contributed by atoms with E-state index < -0.39 is 0 Å². The van der Waals surface area contributed by atoms with Gasteiger partial charge in [-0.05, 0) is 42.0 Å². The van der Waals surface area contributed by atoms with Crippen LogP contribution in [0.2, 0.25) is 0 Å². The van der Waals surface area contributed by atoms with Gasteiger partial charge in [0.1, 0.15) is 5.82 Å². The van der Waals surface area contributed by atoms with Crippen LogP contribution in [0.25, 0.3) is 0 Å². The van der Waals surface area contributed by atoms with Gasteiger partial charge in [0.05, 0.1) is 6.04 Å². The highest BCUT2D eigenvalue weighted by atomic mass is 32.1. The lowest BCUT2D eigenvalue weighted by Crippen LogP contribution is -2.45. The second kappa shape index (κ2) is 7.57. The number of benzene rings is 1. The van der Waals surface area contributed by atoms with Gasteiger partial charge in [-0.2, -0.15) is 11.3 Å².